The number of nitrogens with zero attached hydrogens (tertiary/aromatic N) is 4. The van der Waals surface area contributed by atoms with Gasteiger partial charge >= 0.3 is 0 Å². The van der Waals surface area contributed by atoms with E-state index in [4.69, 9.17) is 15.0 Å². The van der Waals surface area contributed by atoms with Crippen molar-refractivity contribution in [1.82, 2.24) is 19.5 Å². The predicted molar refractivity (Wildman–Crippen MR) is 262 cm³/mol. The van der Waals surface area contributed by atoms with E-state index in [-0.39, 0.29) is 0 Å². The Labute approximate surface area is 365 Å². The van der Waals surface area contributed by atoms with E-state index in [2.05, 4.69) is 199 Å². The Balaban J connectivity index is 0.981. The molecule has 0 fully saturated rings. The van der Waals surface area contributed by atoms with Gasteiger partial charge in [-0.1, -0.05) is 200 Å². The van der Waals surface area contributed by atoms with Crippen molar-refractivity contribution < 1.29 is 0 Å². The molecule has 0 N–H and O–H groups in total. The van der Waals surface area contributed by atoms with Gasteiger partial charge in [-0.05, 0) is 52.4 Å². The van der Waals surface area contributed by atoms with Crippen LogP contribution in [-0.2, 0) is 0 Å². The summed E-state index contributed by atoms with van der Waals surface area (Å²) in [5, 5.41) is 5.93. The summed E-state index contributed by atoms with van der Waals surface area (Å²) in [4.78, 5) is 15.4. The van der Waals surface area contributed by atoms with Crippen LogP contribution in [0.5, 0.6) is 0 Å². The molecule has 4 nitrogen and oxygen atoms in total. The highest BCUT2D eigenvalue weighted by Crippen LogP contribution is 2.45. The van der Waals surface area contributed by atoms with Crippen molar-refractivity contribution >= 4 is 43.5 Å². The summed E-state index contributed by atoms with van der Waals surface area (Å²) in [5.74, 6) is 0.711. The summed E-state index contributed by atoms with van der Waals surface area (Å²) in [5.41, 5.74) is 16.0. The average molecular weight is 803 g/mol. The zero-order valence-electron chi connectivity index (χ0n) is 34.2. The molecule has 3 heterocycles. The lowest BCUT2D eigenvalue weighted by atomic mass is 9.94. The van der Waals surface area contributed by atoms with Gasteiger partial charge in [0.1, 0.15) is 0 Å². The van der Waals surface area contributed by atoms with E-state index in [0.29, 0.717) is 5.82 Å². The van der Waals surface area contributed by atoms with Crippen LogP contribution in [0.4, 0.5) is 0 Å². The molecule has 12 rings (SSSR count). The topological polar surface area (TPSA) is 43.6 Å². The van der Waals surface area contributed by atoms with Gasteiger partial charge in [-0.15, -0.1) is 0 Å². The molecule has 12 aromatic rings. The summed E-state index contributed by atoms with van der Waals surface area (Å²) in [6.45, 7) is 0. The van der Waals surface area contributed by atoms with Crippen molar-refractivity contribution in [2.24, 2.45) is 0 Å². The fraction of sp³-hybridized carbons (Fsp3) is 0. The van der Waals surface area contributed by atoms with Gasteiger partial charge < -0.3 is 4.57 Å². The van der Waals surface area contributed by atoms with Gasteiger partial charge in [0.2, 0.25) is 0 Å². The molecule has 4 heteroatoms. The Kier molecular flexibility index (Phi) is 8.79. The highest BCUT2D eigenvalue weighted by Gasteiger charge is 2.22. The minimum atomic E-state index is 0.711. The van der Waals surface area contributed by atoms with Gasteiger partial charge in [-0.25, -0.2) is 15.0 Å². The van der Waals surface area contributed by atoms with Crippen LogP contribution >= 0.6 is 0 Å². The molecule has 294 valence electrons. The van der Waals surface area contributed by atoms with E-state index in [0.717, 1.165) is 78.1 Å². The van der Waals surface area contributed by atoms with Crippen molar-refractivity contribution in [1.29, 1.82) is 0 Å². The number of benzene rings is 9. The van der Waals surface area contributed by atoms with E-state index >= 15 is 0 Å². The summed E-state index contributed by atoms with van der Waals surface area (Å²) in [7, 11) is 0. The number of hydrogen-bond acceptors (Lipinski definition) is 3. The van der Waals surface area contributed by atoms with Crippen LogP contribution in [0.25, 0.3) is 117 Å². The molecule has 0 bridgehead atoms. The third-order valence-electron chi connectivity index (χ3n) is 12.2. The molecular weight excluding hydrogens is 765 g/mol. The van der Waals surface area contributed by atoms with Gasteiger partial charge in [0.15, 0.2) is 5.82 Å². The molecule has 0 radical (unpaired) electrons. The van der Waals surface area contributed by atoms with Crippen LogP contribution in [0.3, 0.4) is 0 Å². The monoisotopic (exact) mass is 802 g/mol. The molecule has 0 aliphatic rings. The lowest BCUT2D eigenvalue weighted by Gasteiger charge is -2.13. The van der Waals surface area contributed by atoms with Crippen LogP contribution in [-0.4, -0.2) is 19.5 Å². The minimum absolute atomic E-state index is 0.711. The largest absolute Gasteiger partial charge is 0.309 e. The second-order valence-corrected chi connectivity index (χ2v) is 15.9. The number of aromatic nitrogens is 4. The van der Waals surface area contributed by atoms with E-state index in [9.17, 15) is 0 Å². The zero-order valence-corrected chi connectivity index (χ0v) is 34.2. The van der Waals surface area contributed by atoms with Crippen molar-refractivity contribution in [2.75, 3.05) is 0 Å². The van der Waals surface area contributed by atoms with Crippen molar-refractivity contribution in [3.8, 4) is 73.1 Å². The zero-order chi connectivity index (χ0) is 41.7. The number of hydrogen-bond donors (Lipinski definition) is 0. The van der Waals surface area contributed by atoms with E-state index in [1.54, 1.807) is 0 Å². The van der Waals surface area contributed by atoms with Gasteiger partial charge in [0, 0.05) is 55.0 Å². The van der Waals surface area contributed by atoms with Crippen LogP contribution < -0.4 is 0 Å². The molecule has 0 amide bonds. The summed E-state index contributed by atoms with van der Waals surface area (Å²) >= 11 is 0. The van der Waals surface area contributed by atoms with Crippen LogP contribution in [0.15, 0.2) is 231 Å². The van der Waals surface area contributed by atoms with E-state index in [1.165, 1.54) is 32.6 Å². The Morgan fingerprint density at radius 2 is 0.841 bits per heavy atom. The summed E-state index contributed by atoms with van der Waals surface area (Å²) in [6, 6.07) is 81.5. The third-order valence-corrected chi connectivity index (χ3v) is 12.2. The fourth-order valence-electron chi connectivity index (χ4n) is 9.23. The number of rotatable bonds is 7. The molecule has 0 atom stereocenters. The molecule has 63 heavy (non-hydrogen) atoms. The number of para-hydroxylation sites is 3. The Morgan fingerprint density at radius 1 is 0.317 bits per heavy atom. The first-order valence-corrected chi connectivity index (χ1v) is 21.4. The quantitative estimate of drug-likeness (QED) is 0.151. The molecule has 0 unspecified atom stereocenters. The maximum Gasteiger partial charge on any atom is 0.160 e. The number of fused-ring (bicyclic) bond motifs is 7. The van der Waals surface area contributed by atoms with Crippen molar-refractivity contribution in [3.63, 3.8) is 0 Å². The Morgan fingerprint density at radius 3 is 1.51 bits per heavy atom. The lowest BCUT2D eigenvalue weighted by Crippen LogP contribution is -1.96. The van der Waals surface area contributed by atoms with Gasteiger partial charge in [-0.2, -0.15) is 0 Å². The first-order valence-electron chi connectivity index (χ1n) is 21.4. The van der Waals surface area contributed by atoms with Crippen LogP contribution in [0.2, 0.25) is 0 Å². The van der Waals surface area contributed by atoms with Crippen LogP contribution in [0.1, 0.15) is 0 Å². The molecule has 9 aromatic carbocycles. The lowest BCUT2D eigenvalue weighted by molar-refractivity contribution is 1.18. The average Bonchev–Trinajstić information content (AvgIpc) is 3.72. The summed E-state index contributed by atoms with van der Waals surface area (Å²) < 4.78 is 2.44. The first-order chi connectivity index (χ1) is 31.2. The molecular formula is C59H38N4. The Bertz CT molecular complexity index is 3560. The highest BCUT2D eigenvalue weighted by atomic mass is 15.0. The third kappa shape index (κ3) is 6.36. The standard InChI is InChI=1S/C59H38N4/c1-5-16-42(17-6-1)52-38-53(62-59(61-52)45-20-9-3-10-21-45)43-34-30-40(31-35-43)39-28-32-41(33-29-39)47-25-15-26-50-55-54(63(58(47)50)46-22-11-4-12-23-46)37-36-49-48-24-13-14-27-51(48)60-57(56(49)55)44-18-7-2-8-19-44/h1-38H. The molecule has 0 spiro atoms. The second-order valence-electron chi connectivity index (χ2n) is 15.9. The summed E-state index contributed by atoms with van der Waals surface area (Å²) in [6.07, 6.45) is 0. The van der Waals surface area contributed by atoms with E-state index < -0.39 is 0 Å². The first kappa shape index (κ1) is 36.4. The predicted octanol–water partition coefficient (Wildman–Crippen LogP) is 15.3. The van der Waals surface area contributed by atoms with Crippen LogP contribution in [0, 0.1) is 0 Å². The smallest absolute Gasteiger partial charge is 0.160 e. The Hall–Kier alpha value is -8.47. The van der Waals surface area contributed by atoms with Crippen molar-refractivity contribution in [3.05, 3.63) is 231 Å². The van der Waals surface area contributed by atoms with Gasteiger partial charge in [0.25, 0.3) is 0 Å². The molecule has 0 aliphatic heterocycles. The van der Waals surface area contributed by atoms with Crippen molar-refractivity contribution in [2.45, 2.75) is 0 Å². The fourth-order valence-corrected chi connectivity index (χ4v) is 9.23. The van der Waals surface area contributed by atoms with Gasteiger partial charge in [0.05, 0.1) is 33.6 Å². The minimum Gasteiger partial charge on any atom is -0.309 e. The maximum absolute atomic E-state index is 5.37. The number of pyridine rings is 1. The van der Waals surface area contributed by atoms with Gasteiger partial charge in [-0.3, -0.25) is 0 Å². The van der Waals surface area contributed by atoms with E-state index in [1.807, 2.05) is 36.4 Å². The second kappa shape index (κ2) is 15.2. The molecule has 0 saturated heterocycles. The highest BCUT2D eigenvalue weighted by molar-refractivity contribution is 6.29. The normalized spacial score (nSPS) is 11.5. The molecule has 3 aromatic heterocycles. The SMILES string of the molecule is c1ccc(-c2cc(-c3ccc(-c4ccc(-c5cccc6c7c8c(-c9ccccc9)nc9ccccc9c8ccc7n(-c7ccccc7)c56)cc4)cc3)nc(-c3ccccc3)n2)cc1. The maximum atomic E-state index is 5.37. The molecule has 0 saturated carbocycles. The molecule has 0 aliphatic carbocycles.